The molecule has 0 atom stereocenters. The number of imidazole rings is 1. The van der Waals surface area contributed by atoms with Crippen LogP contribution >= 0.6 is 23.2 Å². The summed E-state index contributed by atoms with van der Waals surface area (Å²) < 4.78 is 0. The average Bonchev–Trinajstić information content (AvgIpc) is 2.97. The molecule has 0 spiro atoms. The van der Waals surface area contributed by atoms with Crippen LogP contribution in [0.1, 0.15) is 0 Å². The number of hydrogen-bond acceptors (Lipinski definition) is 5. The Morgan fingerprint density at radius 2 is 2.04 bits per heavy atom. The molecule has 1 aromatic carbocycles. The quantitative estimate of drug-likeness (QED) is 0.489. The Morgan fingerprint density at radius 1 is 1.29 bits per heavy atom. The molecule has 3 rings (SSSR count). The van der Waals surface area contributed by atoms with Crippen molar-refractivity contribution in [3.63, 3.8) is 0 Å². The molecule has 0 radical (unpaired) electrons. The zero-order valence-electron chi connectivity index (χ0n) is 12.6. The SMILES string of the molecule is CN/C=C\C(N)=Nc1ncnc2nc(-c3c(Cl)cccc3Cl)[nH]c12. The van der Waals surface area contributed by atoms with Gasteiger partial charge in [-0.25, -0.2) is 19.9 Å². The van der Waals surface area contributed by atoms with E-state index in [-0.39, 0.29) is 5.84 Å². The number of halogens is 2. The first kappa shape index (κ1) is 16.2. The highest BCUT2D eigenvalue weighted by molar-refractivity contribution is 6.39. The predicted octanol–water partition coefficient (Wildman–Crippen LogP) is 3.05. The summed E-state index contributed by atoms with van der Waals surface area (Å²) in [4.78, 5) is 20.1. The number of aromatic amines is 1. The summed E-state index contributed by atoms with van der Waals surface area (Å²) in [5.74, 6) is 1.15. The fourth-order valence-electron chi connectivity index (χ4n) is 2.07. The predicted molar refractivity (Wildman–Crippen MR) is 96.6 cm³/mol. The Morgan fingerprint density at radius 3 is 2.75 bits per heavy atom. The van der Waals surface area contributed by atoms with E-state index in [0.717, 1.165) is 0 Å². The number of hydrogen-bond donors (Lipinski definition) is 3. The standard InChI is InChI=1S/C15H13Cl2N7/c1-19-6-5-10(18)22-14-12-15(21-7-20-14)24-13(23-12)11-8(16)3-2-4-9(11)17/h2-7,19H,1H3,(H3,18,20,21,22,23,24)/b6-5-. The molecule has 4 N–H and O–H groups in total. The zero-order valence-corrected chi connectivity index (χ0v) is 14.1. The number of amidine groups is 1. The molecule has 7 nitrogen and oxygen atoms in total. The molecular weight excluding hydrogens is 349 g/mol. The lowest BCUT2D eigenvalue weighted by Crippen LogP contribution is -2.09. The monoisotopic (exact) mass is 361 g/mol. The van der Waals surface area contributed by atoms with Crippen LogP contribution in [0.3, 0.4) is 0 Å². The van der Waals surface area contributed by atoms with Crippen molar-refractivity contribution in [1.82, 2.24) is 25.3 Å². The number of nitrogens with zero attached hydrogens (tertiary/aromatic N) is 4. The minimum Gasteiger partial charge on any atom is -0.394 e. The van der Waals surface area contributed by atoms with E-state index in [0.29, 0.717) is 38.4 Å². The van der Waals surface area contributed by atoms with Crippen LogP contribution in [0.4, 0.5) is 5.82 Å². The Balaban J connectivity index is 2.13. The van der Waals surface area contributed by atoms with Gasteiger partial charge in [-0.15, -0.1) is 0 Å². The fraction of sp³-hybridized carbons (Fsp3) is 0.0667. The minimum absolute atomic E-state index is 0.288. The second kappa shape index (κ2) is 6.86. The first-order chi connectivity index (χ1) is 11.6. The van der Waals surface area contributed by atoms with E-state index in [4.69, 9.17) is 28.9 Å². The van der Waals surface area contributed by atoms with E-state index < -0.39 is 0 Å². The smallest absolute Gasteiger partial charge is 0.183 e. The van der Waals surface area contributed by atoms with E-state index in [2.05, 4.69) is 30.2 Å². The summed E-state index contributed by atoms with van der Waals surface area (Å²) >= 11 is 12.5. The summed E-state index contributed by atoms with van der Waals surface area (Å²) in [6, 6.07) is 5.24. The average molecular weight is 362 g/mol. The van der Waals surface area contributed by atoms with Gasteiger partial charge in [-0.3, -0.25) is 0 Å². The van der Waals surface area contributed by atoms with Gasteiger partial charge in [-0.2, -0.15) is 0 Å². The largest absolute Gasteiger partial charge is 0.394 e. The molecule has 24 heavy (non-hydrogen) atoms. The molecule has 0 aliphatic heterocycles. The summed E-state index contributed by atoms with van der Waals surface area (Å²) in [7, 11) is 1.77. The van der Waals surface area contributed by atoms with Gasteiger partial charge in [0, 0.05) is 7.05 Å². The molecule has 0 saturated heterocycles. The van der Waals surface area contributed by atoms with Crippen LogP contribution in [-0.2, 0) is 0 Å². The van der Waals surface area contributed by atoms with Crippen molar-refractivity contribution in [3.05, 3.63) is 46.8 Å². The highest BCUT2D eigenvalue weighted by Gasteiger charge is 2.15. The maximum atomic E-state index is 6.23. The van der Waals surface area contributed by atoms with Crippen LogP contribution in [0, 0.1) is 0 Å². The van der Waals surface area contributed by atoms with Gasteiger partial charge in [0.05, 0.1) is 15.6 Å². The molecule has 122 valence electrons. The molecule has 3 aromatic rings. The van der Waals surface area contributed by atoms with Gasteiger partial charge in [0.2, 0.25) is 0 Å². The van der Waals surface area contributed by atoms with Crippen LogP contribution in [0.15, 0.2) is 41.8 Å². The number of fused-ring (bicyclic) bond motifs is 1. The van der Waals surface area contributed by atoms with Crippen molar-refractivity contribution < 1.29 is 0 Å². The highest BCUT2D eigenvalue weighted by Crippen LogP contribution is 2.34. The third kappa shape index (κ3) is 3.17. The van der Waals surface area contributed by atoms with Crippen LogP contribution < -0.4 is 11.1 Å². The maximum Gasteiger partial charge on any atom is 0.183 e. The van der Waals surface area contributed by atoms with Crippen LogP contribution in [0.25, 0.3) is 22.6 Å². The van der Waals surface area contributed by atoms with Crippen LogP contribution in [0.2, 0.25) is 10.0 Å². The van der Waals surface area contributed by atoms with Gasteiger partial charge in [-0.05, 0) is 24.4 Å². The van der Waals surface area contributed by atoms with Crippen molar-refractivity contribution in [2.24, 2.45) is 10.7 Å². The topological polar surface area (TPSA) is 105 Å². The van der Waals surface area contributed by atoms with Gasteiger partial charge in [0.25, 0.3) is 0 Å². The number of H-pyrrole nitrogens is 1. The number of nitrogens with two attached hydrogens (primary N) is 1. The second-order valence-electron chi connectivity index (χ2n) is 4.74. The van der Waals surface area contributed by atoms with E-state index in [1.54, 1.807) is 37.5 Å². The summed E-state index contributed by atoms with van der Waals surface area (Å²) in [6.07, 6.45) is 4.66. The number of aromatic nitrogens is 4. The van der Waals surface area contributed by atoms with Gasteiger partial charge in [0.1, 0.15) is 23.5 Å². The van der Waals surface area contributed by atoms with Crippen molar-refractivity contribution >= 4 is 46.0 Å². The van der Waals surface area contributed by atoms with E-state index in [9.17, 15) is 0 Å². The zero-order chi connectivity index (χ0) is 17.1. The Labute approximate surface area is 147 Å². The Bertz CT molecular complexity index is 926. The molecule has 2 heterocycles. The van der Waals surface area contributed by atoms with Gasteiger partial charge in [0.15, 0.2) is 11.5 Å². The van der Waals surface area contributed by atoms with E-state index in [1.807, 2.05) is 0 Å². The third-order valence-electron chi connectivity index (χ3n) is 3.12. The molecule has 0 saturated carbocycles. The first-order valence-corrected chi connectivity index (χ1v) is 7.69. The van der Waals surface area contributed by atoms with Gasteiger partial charge >= 0.3 is 0 Å². The number of benzene rings is 1. The van der Waals surface area contributed by atoms with Crippen LogP contribution in [0.5, 0.6) is 0 Å². The molecular formula is C15H13Cl2N7. The first-order valence-electron chi connectivity index (χ1n) is 6.93. The second-order valence-corrected chi connectivity index (χ2v) is 5.55. The summed E-state index contributed by atoms with van der Waals surface area (Å²) in [5, 5.41) is 3.80. The molecule has 0 bridgehead atoms. The molecule has 0 amide bonds. The number of rotatable bonds is 4. The molecule has 0 unspecified atom stereocenters. The summed E-state index contributed by atoms with van der Waals surface area (Å²) in [5.41, 5.74) is 7.42. The lowest BCUT2D eigenvalue weighted by Gasteiger charge is -2.02. The van der Waals surface area contributed by atoms with E-state index >= 15 is 0 Å². The maximum absolute atomic E-state index is 6.23. The minimum atomic E-state index is 0.288. The normalized spacial score (nSPS) is 12.2. The van der Waals surface area contributed by atoms with Crippen molar-refractivity contribution in [1.29, 1.82) is 0 Å². The molecule has 0 aliphatic rings. The lowest BCUT2D eigenvalue weighted by atomic mass is 10.2. The van der Waals surface area contributed by atoms with Crippen molar-refractivity contribution in [3.8, 4) is 11.4 Å². The third-order valence-corrected chi connectivity index (χ3v) is 3.75. The molecule has 2 aromatic heterocycles. The van der Waals surface area contributed by atoms with Crippen LogP contribution in [-0.4, -0.2) is 32.8 Å². The lowest BCUT2D eigenvalue weighted by molar-refractivity contribution is 1.10. The van der Waals surface area contributed by atoms with Gasteiger partial charge < -0.3 is 16.0 Å². The van der Waals surface area contributed by atoms with Gasteiger partial charge in [-0.1, -0.05) is 29.3 Å². The number of aliphatic imine (C=N–C) groups is 1. The van der Waals surface area contributed by atoms with Crippen molar-refractivity contribution in [2.75, 3.05) is 7.05 Å². The molecule has 0 fully saturated rings. The van der Waals surface area contributed by atoms with E-state index in [1.165, 1.54) is 6.33 Å². The highest BCUT2D eigenvalue weighted by atomic mass is 35.5. The molecule has 9 heteroatoms. The van der Waals surface area contributed by atoms with Crippen molar-refractivity contribution in [2.45, 2.75) is 0 Å². The number of nitrogens with one attached hydrogen (secondary N) is 2. The summed E-state index contributed by atoms with van der Waals surface area (Å²) in [6.45, 7) is 0. The molecule has 0 aliphatic carbocycles. The fourth-order valence-corrected chi connectivity index (χ4v) is 2.65. The Hall–Kier alpha value is -2.64. The Kier molecular flexibility index (Phi) is 4.64.